The molecule has 0 N–H and O–H groups in total. The minimum absolute atomic E-state index is 0.735. The Morgan fingerprint density at radius 3 is 2.80 bits per heavy atom. The Balaban J connectivity index is 2.77. The van der Waals surface area contributed by atoms with Crippen molar-refractivity contribution in [2.24, 2.45) is 0 Å². The van der Waals surface area contributed by atoms with Gasteiger partial charge in [-0.15, -0.1) is 11.6 Å². The molecule has 10 heavy (non-hydrogen) atoms. The summed E-state index contributed by atoms with van der Waals surface area (Å²) in [5.74, 6) is 0.743. The van der Waals surface area contributed by atoms with Gasteiger partial charge in [0.15, 0.2) is 0 Å². The van der Waals surface area contributed by atoms with Gasteiger partial charge in [0, 0.05) is 12.5 Å². The number of alkyl halides is 1. The standard InChI is InChI=1S/C8H15ClO/c1-2-3-7-10-8-5-4-6-9/h2-3H,4-8H2,1H3/b3-2+. The number of hydrogen-bond donors (Lipinski definition) is 0. The highest BCUT2D eigenvalue weighted by Crippen LogP contribution is 1.92. The molecule has 0 rings (SSSR count). The first-order chi connectivity index (χ1) is 4.91. The van der Waals surface area contributed by atoms with Crippen molar-refractivity contribution in [3.63, 3.8) is 0 Å². The summed E-state index contributed by atoms with van der Waals surface area (Å²) in [5.41, 5.74) is 0. The van der Waals surface area contributed by atoms with Crippen LogP contribution in [0.4, 0.5) is 0 Å². The molecule has 0 radical (unpaired) electrons. The molecule has 0 unspecified atom stereocenters. The third kappa shape index (κ3) is 7.99. The van der Waals surface area contributed by atoms with Crippen LogP contribution in [0.2, 0.25) is 0 Å². The van der Waals surface area contributed by atoms with Crippen molar-refractivity contribution in [3.05, 3.63) is 12.2 Å². The van der Waals surface area contributed by atoms with E-state index in [-0.39, 0.29) is 0 Å². The summed E-state index contributed by atoms with van der Waals surface area (Å²) in [6.07, 6.45) is 6.11. The van der Waals surface area contributed by atoms with Crippen LogP contribution < -0.4 is 0 Å². The fourth-order valence-electron chi connectivity index (χ4n) is 0.546. The van der Waals surface area contributed by atoms with Crippen LogP contribution in [0.15, 0.2) is 12.2 Å². The summed E-state index contributed by atoms with van der Waals surface area (Å²) in [4.78, 5) is 0. The van der Waals surface area contributed by atoms with Gasteiger partial charge in [0.2, 0.25) is 0 Å². The summed E-state index contributed by atoms with van der Waals surface area (Å²) in [7, 11) is 0. The van der Waals surface area contributed by atoms with Crippen molar-refractivity contribution in [2.75, 3.05) is 19.1 Å². The van der Waals surface area contributed by atoms with Crippen molar-refractivity contribution in [1.29, 1.82) is 0 Å². The van der Waals surface area contributed by atoms with Gasteiger partial charge in [0.1, 0.15) is 0 Å². The van der Waals surface area contributed by atoms with E-state index < -0.39 is 0 Å². The highest BCUT2D eigenvalue weighted by molar-refractivity contribution is 6.17. The normalized spacial score (nSPS) is 11.0. The summed E-state index contributed by atoms with van der Waals surface area (Å²) >= 11 is 5.47. The Bertz CT molecular complexity index is 81.3. The Morgan fingerprint density at radius 1 is 1.40 bits per heavy atom. The van der Waals surface area contributed by atoms with E-state index in [4.69, 9.17) is 16.3 Å². The average Bonchev–Trinajstić information content (AvgIpc) is 1.97. The molecule has 0 aliphatic carbocycles. The first-order valence-electron chi connectivity index (χ1n) is 3.66. The first kappa shape index (κ1) is 9.99. The van der Waals surface area contributed by atoms with Crippen molar-refractivity contribution in [1.82, 2.24) is 0 Å². The van der Waals surface area contributed by atoms with Gasteiger partial charge in [-0.2, -0.15) is 0 Å². The van der Waals surface area contributed by atoms with Crippen LogP contribution in [0, 0.1) is 0 Å². The van der Waals surface area contributed by atoms with Crippen molar-refractivity contribution in [3.8, 4) is 0 Å². The SMILES string of the molecule is C/C=C/COCCCCCl. The Hall–Kier alpha value is -0.0100. The largest absolute Gasteiger partial charge is 0.377 e. The van der Waals surface area contributed by atoms with Crippen LogP contribution in [-0.4, -0.2) is 19.1 Å². The molecule has 0 fully saturated rings. The fourth-order valence-corrected chi connectivity index (χ4v) is 0.735. The maximum absolute atomic E-state index is 5.47. The lowest BCUT2D eigenvalue weighted by molar-refractivity contribution is 0.159. The van der Waals surface area contributed by atoms with Gasteiger partial charge in [0.05, 0.1) is 6.61 Å². The fraction of sp³-hybridized carbons (Fsp3) is 0.750. The van der Waals surface area contributed by atoms with E-state index >= 15 is 0 Å². The van der Waals surface area contributed by atoms with Gasteiger partial charge in [-0.25, -0.2) is 0 Å². The molecule has 0 aliphatic heterocycles. The minimum Gasteiger partial charge on any atom is -0.377 e. The smallest absolute Gasteiger partial charge is 0.0647 e. The highest BCUT2D eigenvalue weighted by atomic mass is 35.5. The number of ether oxygens (including phenoxy) is 1. The van der Waals surface area contributed by atoms with Gasteiger partial charge < -0.3 is 4.74 Å². The molecule has 60 valence electrons. The molecular formula is C8H15ClO. The Morgan fingerprint density at radius 2 is 2.20 bits per heavy atom. The molecule has 0 saturated heterocycles. The predicted molar refractivity (Wildman–Crippen MR) is 45.6 cm³/mol. The van der Waals surface area contributed by atoms with Gasteiger partial charge in [0.25, 0.3) is 0 Å². The number of hydrogen-bond acceptors (Lipinski definition) is 1. The lowest BCUT2D eigenvalue weighted by atomic mass is 10.4. The molecule has 0 amide bonds. The van der Waals surface area contributed by atoms with Crippen LogP contribution in [0.25, 0.3) is 0 Å². The number of allylic oxidation sites excluding steroid dienone is 1. The predicted octanol–water partition coefficient (Wildman–Crippen LogP) is 2.60. The number of halogens is 1. The molecule has 0 aromatic rings. The van der Waals surface area contributed by atoms with E-state index in [9.17, 15) is 0 Å². The molecule has 1 nitrogen and oxygen atoms in total. The van der Waals surface area contributed by atoms with Gasteiger partial charge in [-0.05, 0) is 19.8 Å². The quantitative estimate of drug-likeness (QED) is 0.332. The molecule has 0 saturated carbocycles. The maximum Gasteiger partial charge on any atom is 0.0647 e. The molecule has 0 aromatic carbocycles. The molecule has 0 spiro atoms. The minimum atomic E-state index is 0.735. The average molecular weight is 163 g/mol. The topological polar surface area (TPSA) is 9.23 Å². The number of unbranched alkanes of at least 4 members (excludes halogenated alkanes) is 1. The summed E-state index contributed by atoms with van der Waals surface area (Å²) in [6.45, 7) is 3.55. The highest BCUT2D eigenvalue weighted by Gasteiger charge is 1.84. The van der Waals surface area contributed by atoms with E-state index in [1.165, 1.54) is 0 Å². The van der Waals surface area contributed by atoms with Crippen LogP contribution >= 0.6 is 11.6 Å². The Labute approximate surface area is 68.0 Å². The lowest BCUT2D eigenvalue weighted by Gasteiger charge is -1.97. The third-order valence-corrected chi connectivity index (χ3v) is 1.39. The van der Waals surface area contributed by atoms with Crippen molar-refractivity contribution >= 4 is 11.6 Å². The summed E-state index contributed by atoms with van der Waals surface area (Å²) < 4.78 is 5.23. The molecule has 0 heterocycles. The van der Waals surface area contributed by atoms with Crippen LogP contribution in [0.5, 0.6) is 0 Å². The van der Waals surface area contributed by atoms with Gasteiger partial charge in [-0.3, -0.25) is 0 Å². The lowest BCUT2D eigenvalue weighted by Crippen LogP contribution is -1.94. The number of rotatable bonds is 6. The zero-order valence-electron chi connectivity index (χ0n) is 6.48. The van der Waals surface area contributed by atoms with Crippen molar-refractivity contribution < 1.29 is 4.74 Å². The second-order valence-electron chi connectivity index (χ2n) is 2.04. The van der Waals surface area contributed by atoms with Crippen LogP contribution in [0.3, 0.4) is 0 Å². The van der Waals surface area contributed by atoms with Crippen LogP contribution in [0.1, 0.15) is 19.8 Å². The molecule has 0 aliphatic rings. The zero-order valence-corrected chi connectivity index (χ0v) is 7.23. The van der Waals surface area contributed by atoms with E-state index in [0.29, 0.717) is 0 Å². The first-order valence-corrected chi connectivity index (χ1v) is 4.20. The second kappa shape index (κ2) is 8.99. The van der Waals surface area contributed by atoms with Crippen LogP contribution in [-0.2, 0) is 4.74 Å². The molecular weight excluding hydrogens is 148 g/mol. The second-order valence-corrected chi connectivity index (χ2v) is 2.42. The van der Waals surface area contributed by atoms with E-state index in [1.807, 2.05) is 19.1 Å². The molecule has 0 aromatic heterocycles. The zero-order chi connectivity index (χ0) is 7.66. The van der Waals surface area contributed by atoms with E-state index in [0.717, 1.165) is 31.9 Å². The van der Waals surface area contributed by atoms with Gasteiger partial charge >= 0.3 is 0 Å². The van der Waals surface area contributed by atoms with E-state index in [1.54, 1.807) is 0 Å². The maximum atomic E-state index is 5.47. The summed E-state index contributed by atoms with van der Waals surface area (Å²) in [5, 5.41) is 0. The molecule has 0 atom stereocenters. The molecule has 0 bridgehead atoms. The van der Waals surface area contributed by atoms with Crippen molar-refractivity contribution in [2.45, 2.75) is 19.8 Å². The monoisotopic (exact) mass is 162 g/mol. The summed E-state index contributed by atoms with van der Waals surface area (Å²) in [6, 6.07) is 0. The Kier molecular flexibility index (Phi) is 8.98. The van der Waals surface area contributed by atoms with E-state index in [2.05, 4.69) is 0 Å². The third-order valence-electron chi connectivity index (χ3n) is 1.12. The van der Waals surface area contributed by atoms with Gasteiger partial charge in [-0.1, -0.05) is 12.2 Å². The molecule has 2 heteroatoms.